The first-order valence-electron chi connectivity index (χ1n) is 11.4. The van der Waals surface area contributed by atoms with E-state index >= 15 is 0 Å². The van der Waals surface area contributed by atoms with Crippen molar-refractivity contribution >= 4 is 27.5 Å². The second-order valence-electron chi connectivity index (χ2n) is 9.35. The van der Waals surface area contributed by atoms with Crippen LogP contribution in [-0.2, 0) is 17.4 Å². The van der Waals surface area contributed by atoms with Crippen molar-refractivity contribution in [3.05, 3.63) is 59.8 Å². The van der Waals surface area contributed by atoms with Gasteiger partial charge in [-0.05, 0) is 67.3 Å². The monoisotopic (exact) mass is 385 g/mol. The van der Waals surface area contributed by atoms with Gasteiger partial charge >= 0.3 is 0 Å². The molecule has 0 saturated carbocycles. The van der Waals surface area contributed by atoms with E-state index in [1.54, 1.807) is 0 Å². The summed E-state index contributed by atoms with van der Waals surface area (Å²) in [6, 6.07) is 16.3. The third kappa shape index (κ3) is 2.21. The average molecular weight is 386 g/mol. The molecule has 29 heavy (non-hydrogen) atoms. The summed E-state index contributed by atoms with van der Waals surface area (Å²) >= 11 is 0. The highest BCUT2D eigenvalue weighted by Crippen LogP contribution is 2.50. The zero-order chi connectivity index (χ0) is 20.4. The Labute approximate surface area is 174 Å². The third-order valence-corrected chi connectivity index (χ3v) is 8.19. The standard InChI is InChI=1S/C27H33N2/c1-6-9-11-19-14-17-23-28(18-19)22-16-15-20-12-10-13-21-24(20)25(22)29(23)27(5,8-3)26(21,4)7-2/h10,12-18H,6-9,11H2,1-5H3/q+1. The molecule has 0 spiro atoms. The first-order chi connectivity index (χ1) is 14.0. The summed E-state index contributed by atoms with van der Waals surface area (Å²) in [7, 11) is 0. The lowest BCUT2D eigenvalue weighted by atomic mass is 9.61. The van der Waals surface area contributed by atoms with Crippen LogP contribution in [0.5, 0.6) is 0 Å². The maximum Gasteiger partial charge on any atom is 0.287 e. The number of unbranched alkanes of at least 4 members (excludes halogenated alkanes) is 1. The Morgan fingerprint density at radius 3 is 2.48 bits per heavy atom. The highest BCUT2D eigenvalue weighted by atomic mass is 15.2. The van der Waals surface area contributed by atoms with Gasteiger partial charge in [0.1, 0.15) is 5.54 Å². The molecule has 2 nitrogen and oxygen atoms in total. The molecule has 0 radical (unpaired) electrons. The molecule has 0 aliphatic carbocycles. The van der Waals surface area contributed by atoms with Crippen LogP contribution in [0.2, 0.25) is 0 Å². The Morgan fingerprint density at radius 2 is 1.76 bits per heavy atom. The summed E-state index contributed by atoms with van der Waals surface area (Å²) in [5.74, 6) is 0. The summed E-state index contributed by atoms with van der Waals surface area (Å²) in [5, 5.41) is 2.82. The van der Waals surface area contributed by atoms with Crippen molar-refractivity contribution in [1.29, 1.82) is 0 Å². The van der Waals surface area contributed by atoms with Crippen molar-refractivity contribution in [1.82, 2.24) is 4.40 Å². The van der Waals surface area contributed by atoms with Crippen molar-refractivity contribution in [2.75, 3.05) is 0 Å². The van der Waals surface area contributed by atoms with Crippen LogP contribution >= 0.6 is 0 Å². The fourth-order valence-corrected chi connectivity index (χ4v) is 5.94. The predicted octanol–water partition coefficient (Wildman–Crippen LogP) is 6.68. The lowest BCUT2D eigenvalue weighted by Crippen LogP contribution is -2.66. The van der Waals surface area contributed by atoms with Gasteiger partial charge in [0.15, 0.2) is 11.0 Å². The normalized spacial score (nSPS) is 23.6. The summed E-state index contributed by atoms with van der Waals surface area (Å²) in [6.07, 6.45) is 8.27. The minimum absolute atomic E-state index is 0.0301. The van der Waals surface area contributed by atoms with Gasteiger partial charge in [-0.2, -0.15) is 4.40 Å². The van der Waals surface area contributed by atoms with E-state index in [2.05, 4.69) is 92.2 Å². The predicted molar refractivity (Wildman–Crippen MR) is 123 cm³/mol. The summed E-state index contributed by atoms with van der Waals surface area (Å²) < 4.78 is 5.15. The molecule has 0 bridgehead atoms. The Bertz CT molecular complexity index is 1250. The zero-order valence-electron chi connectivity index (χ0n) is 18.5. The van der Waals surface area contributed by atoms with Crippen LogP contribution in [0.4, 0.5) is 0 Å². The van der Waals surface area contributed by atoms with Gasteiger partial charge in [0, 0.05) is 16.9 Å². The fourth-order valence-electron chi connectivity index (χ4n) is 5.94. The molecule has 5 rings (SSSR count). The number of aryl methyl sites for hydroxylation is 1. The van der Waals surface area contributed by atoms with E-state index in [9.17, 15) is 0 Å². The molecule has 150 valence electrons. The van der Waals surface area contributed by atoms with E-state index in [1.165, 1.54) is 51.4 Å². The van der Waals surface area contributed by atoms with Crippen LogP contribution < -0.4 is 4.57 Å². The maximum atomic E-state index is 2.69. The molecule has 2 heteroatoms. The molecule has 1 aliphatic heterocycles. The van der Waals surface area contributed by atoms with Crippen molar-refractivity contribution < 1.29 is 4.57 Å². The largest absolute Gasteiger partial charge is 0.287 e. The lowest BCUT2D eigenvalue weighted by Gasteiger charge is -2.47. The number of hydrogen-bond donors (Lipinski definition) is 0. The van der Waals surface area contributed by atoms with E-state index in [-0.39, 0.29) is 11.0 Å². The second-order valence-corrected chi connectivity index (χ2v) is 9.35. The van der Waals surface area contributed by atoms with Gasteiger partial charge in [-0.25, -0.2) is 4.57 Å². The molecule has 4 aromatic rings. The maximum absolute atomic E-state index is 2.69. The van der Waals surface area contributed by atoms with Gasteiger partial charge in [-0.1, -0.05) is 52.3 Å². The number of benzene rings is 2. The Kier molecular flexibility index (Phi) is 4.07. The van der Waals surface area contributed by atoms with Gasteiger partial charge in [0.05, 0.1) is 6.20 Å². The number of rotatable bonds is 5. The zero-order valence-corrected chi connectivity index (χ0v) is 18.5. The fraction of sp³-hybridized carbons (Fsp3) is 0.444. The Morgan fingerprint density at radius 1 is 0.931 bits per heavy atom. The third-order valence-electron chi connectivity index (χ3n) is 8.19. The SMILES string of the molecule is CCCCc1ccc2n(c1)c1ccc3cccc4c3c1[n+]2C(C)(CC)C4(C)CC. The van der Waals surface area contributed by atoms with Crippen LogP contribution in [0.25, 0.3) is 27.5 Å². The van der Waals surface area contributed by atoms with Crippen molar-refractivity contribution in [3.63, 3.8) is 0 Å². The van der Waals surface area contributed by atoms with Gasteiger partial charge in [0.2, 0.25) is 0 Å². The van der Waals surface area contributed by atoms with E-state index in [0.717, 1.165) is 19.3 Å². The van der Waals surface area contributed by atoms with Gasteiger partial charge in [-0.15, -0.1) is 0 Å². The van der Waals surface area contributed by atoms with E-state index in [4.69, 9.17) is 0 Å². The number of aromatic nitrogens is 2. The molecular formula is C27H33N2+. The highest BCUT2D eigenvalue weighted by molar-refractivity contribution is 6.06. The molecule has 0 saturated heterocycles. The highest BCUT2D eigenvalue weighted by Gasteiger charge is 2.54. The number of hydrogen-bond acceptors (Lipinski definition) is 0. The van der Waals surface area contributed by atoms with Crippen molar-refractivity contribution in [2.45, 2.75) is 77.7 Å². The van der Waals surface area contributed by atoms with Crippen LogP contribution in [0.1, 0.15) is 71.4 Å². The minimum atomic E-state index is 0.0301. The van der Waals surface area contributed by atoms with Gasteiger partial charge in [0.25, 0.3) is 5.65 Å². The van der Waals surface area contributed by atoms with Crippen LogP contribution in [0.15, 0.2) is 48.7 Å². The first kappa shape index (κ1) is 18.7. The molecule has 2 aromatic carbocycles. The van der Waals surface area contributed by atoms with E-state index < -0.39 is 0 Å². The van der Waals surface area contributed by atoms with Gasteiger partial charge < -0.3 is 0 Å². The molecule has 0 fully saturated rings. The molecule has 2 aromatic heterocycles. The number of pyridine rings is 1. The van der Waals surface area contributed by atoms with Crippen LogP contribution in [0.3, 0.4) is 0 Å². The van der Waals surface area contributed by atoms with Crippen LogP contribution in [-0.4, -0.2) is 4.40 Å². The smallest absolute Gasteiger partial charge is 0.216 e. The van der Waals surface area contributed by atoms with Crippen molar-refractivity contribution in [3.8, 4) is 0 Å². The molecule has 2 unspecified atom stereocenters. The minimum Gasteiger partial charge on any atom is -0.216 e. The van der Waals surface area contributed by atoms with E-state index in [1.807, 2.05) is 0 Å². The van der Waals surface area contributed by atoms with Crippen molar-refractivity contribution in [2.24, 2.45) is 0 Å². The topological polar surface area (TPSA) is 8.29 Å². The molecule has 2 atom stereocenters. The number of nitrogens with zero attached hydrogens (tertiary/aromatic N) is 2. The molecular weight excluding hydrogens is 352 g/mol. The molecule has 1 aliphatic rings. The van der Waals surface area contributed by atoms with Gasteiger partial charge in [-0.3, -0.25) is 0 Å². The Balaban J connectivity index is 1.99. The Hall–Kier alpha value is -2.35. The van der Waals surface area contributed by atoms with Crippen LogP contribution in [0, 0.1) is 0 Å². The van der Waals surface area contributed by atoms with E-state index in [0.29, 0.717) is 0 Å². The molecule has 3 heterocycles. The lowest BCUT2D eigenvalue weighted by molar-refractivity contribution is -0.728. The first-order valence-corrected chi connectivity index (χ1v) is 11.4. The molecule has 0 amide bonds. The summed E-state index contributed by atoms with van der Waals surface area (Å²) in [6.45, 7) is 12.0. The summed E-state index contributed by atoms with van der Waals surface area (Å²) in [4.78, 5) is 0. The number of fused-ring (bicyclic) bond motifs is 3. The molecule has 0 N–H and O–H groups in total. The second kappa shape index (κ2) is 6.32. The average Bonchev–Trinajstić information content (AvgIpc) is 3.10. The quantitative estimate of drug-likeness (QED) is 0.339. The summed E-state index contributed by atoms with van der Waals surface area (Å²) in [5.41, 5.74) is 7.17. The number of imidazole rings is 1.